The van der Waals surface area contributed by atoms with Crippen molar-refractivity contribution in [3.05, 3.63) is 53.8 Å². The van der Waals surface area contributed by atoms with Crippen molar-refractivity contribution in [2.75, 3.05) is 30.4 Å². The van der Waals surface area contributed by atoms with Gasteiger partial charge in [0.05, 0.1) is 24.0 Å². The second kappa shape index (κ2) is 7.54. The maximum Gasteiger partial charge on any atom is 0.256 e. The summed E-state index contributed by atoms with van der Waals surface area (Å²) in [6, 6.07) is 9.93. The molecule has 150 valence electrons. The third-order valence-electron chi connectivity index (χ3n) is 5.23. The summed E-state index contributed by atoms with van der Waals surface area (Å²) in [7, 11) is 1.49. The van der Waals surface area contributed by atoms with Crippen molar-refractivity contribution in [3.8, 4) is 5.75 Å². The van der Waals surface area contributed by atoms with Crippen molar-refractivity contribution in [2.24, 2.45) is 0 Å². The van der Waals surface area contributed by atoms with Crippen LogP contribution in [0.5, 0.6) is 5.75 Å². The number of fused-ring (bicyclic) bond motifs is 2. The van der Waals surface area contributed by atoms with E-state index in [2.05, 4.69) is 5.32 Å². The van der Waals surface area contributed by atoms with Gasteiger partial charge in [-0.3, -0.25) is 14.4 Å². The van der Waals surface area contributed by atoms with E-state index in [1.807, 2.05) is 0 Å². The Morgan fingerprint density at radius 1 is 1.24 bits per heavy atom. The summed E-state index contributed by atoms with van der Waals surface area (Å²) in [6.45, 7) is 0.123. The van der Waals surface area contributed by atoms with Gasteiger partial charge in [-0.2, -0.15) is 0 Å². The summed E-state index contributed by atoms with van der Waals surface area (Å²) in [4.78, 5) is 41.5. The van der Waals surface area contributed by atoms with Crippen LogP contribution >= 0.6 is 0 Å². The Balaban J connectivity index is 1.67. The molecule has 2 aliphatic heterocycles. The van der Waals surface area contributed by atoms with Crippen molar-refractivity contribution < 1.29 is 23.5 Å². The third-order valence-corrected chi connectivity index (χ3v) is 5.23. The van der Waals surface area contributed by atoms with Crippen LogP contribution < -0.4 is 15.0 Å². The largest absolute Gasteiger partial charge is 0.495 e. The molecule has 0 aliphatic carbocycles. The van der Waals surface area contributed by atoms with Crippen LogP contribution in [-0.4, -0.2) is 48.9 Å². The first kappa shape index (κ1) is 18.9. The Bertz CT molecular complexity index is 994. The van der Waals surface area contributed by atoms with Gasteiger partial charge in [-0.05, 0) is 43.2 Å². The number of amides is 3. The van der Waals surface area contributed by atoms with E-state index in [1.54, 1.807) is 24.3 Å². The summed E-state index contributed by atoms with van der Waals surface area (Å²) in [6.07, 6.45) is 1.23. The number of nitrogens with zero attached hydrogens (tertiary/aromatic N) is 2. The van der Waals surface area contributed by atoms with Crippen LogP contribution in [-0.2, 0) is 9.59 Å². The molecule has 2 heterocycles. The average molecular weight is 397 g/mol. The highest BCUT2D eigenvalue weighted by Crippen LogP contribution is 2.33. The second-order valence-electron chi connectivity index (χ2n) is 6.99. The summed E-state index contributed by atoms with van der Waals surface area (Å²) < 4.78 is 19.2. The molecule has 1 fully saturated rings. The number of benzene rings is 2. The minimum Gasteiger partial charge on any atom is -0.495 e. The summed E-state index contributed by atoms with van der Waals surface area (Å²) in [5.74, 6) is -1.27. The van der Waals surface area contributed by atoms with E-state index in [-0.39, 0.29) is 29.6 Å². The minimum absolute atomic E-state index is 0.115. The SMILES string of the molecule is COc1ccccc1NC(=O)CN1C(=O)[C@H]2CCCN2C(=O)c2ccc(F)cc21. The molecule has 2 aliphatic rings. The van der Waals surface area contributed by atoms with E-state index in [0.29, 0.717) is 30.8 Å². The summed E-state index contributed by atoms with van der Waals surface area (Å²) in [5, 5.41) is 2.72. The first-order valence-corrected chi connectivity index (χ1v) is 9.34. The Hall–Kier alpha value is -3.42. The molecule has 2 aromatic rings. The van der Waals surface area contributed by atoms with Gasteiger partial charge in [0.2, 0.25) is 11.8 Å². The number of anilines is 2. The van der Waals surface area contributed by atoms with Gasteiger partial charge in [0, 0.05) is 6.54 Å². The lowest BCUT2D eigenvalue weighted by molar-refractivity contribution is -0.124. The van der Waals surface area contributed by atoms with Gasteiger partial charge in [-0.1, -0.05) is 12.1 Å². The summed E-state index contributed by atoms with van der Waals surface area (Å²) >= 11 is 0. The molecule has 7 nitrogen and oxygen atoms in total. The highest BCUT2D eigenvalue weighted by Gasteiger charge is 2.42. The summed E-state index contributed by atoms with van der Waals surface area (Å²) in [5.41, 5.74) is 0.791. The lowest BCUT2D eigenvalue weighted by atomic mass is 10.1. The van der Waals surface area contributed by atoms with Crippen LogP contribution in [0.4, 0.5) is 15.8 Å². The zero-order valence-corrected chi connectivity index (χ0v) is 15.9. The molecule has 8 heteroatoms. The molecule has 0 unspecified atom stereocenters. The van der Waals surface area contributed by atoms with E-state index >= 15 is 0 Å². The number of hydrogen-bond donors (Lipinski definition) is 1. The van der Waals surface area contributed by atoms with Crippen molar-refractivity contribution in [1.29, 1.82) is 0 Å². The van der Waals surface area contributed by atoms with Gasteiger partial charge in [0.1, 0.15) is 24.2 Å². The molecule has 0 spiro atoms. The topological polar surface area (TPSA) is 79.0 Å². The van der Waals surface area contributed by atoms with Crippen molar-refractivity contribution >= 4 is 29.1 Å². The lowest BCUT2D eigenvalue weighted by Crippen LogP contribution is -2.47. The zero-order valence-electron chi connectivity index (χ0n) is 15.9. The molecule has 29 heavy (non-hydrogen) atoms. The quantitative estimate of drug-likeness (QED) is 0.860. The van der Waals surface area contributed by atoms with Crippen LogP contribution in [0.2, 0.25) is 0 Å². The van der Waals surface area contributed by atoms with Crippen LogP contribution in [0, 0.1) is 5.82 Å². The van der Waals surface area contributed by atoms with E-state index in [0.717, 1.165) is 6.07 Å². The standard InChI is InChI=1S/C21H20FN3O4/c1-29-18-7-3-2-5-15(18)23-19(26)12-25-17-11-13(22)8-9-14(17)20(27)24-10-4-6-16(24)21(25)28/h2-3,5,7-9,11,16H,4,6,10,12H2,1H3,(H,23,26)/t16-/m1/s1. The number of halogens is 1. The Kier molecular flexibility index (Phi) is 4.92. The first-order chi connectivity index (χ1) is 14.0. The van der Waals surface area contributed by atoms with E-state index in [9.17, 15) is 18.8 Å². The number of ether oxygens (including phenoxy) is 1. The zero-order chi connectivity index (χ0) is 20.5. The van der Waals surface area contributed by atoms with Crippen LogP contribution in [0.15, 0.2) is 42.5 Å². The van der Waals surface area contributed by atoms with Gasteiger partial charge in [-0.15, -0.1) is 0 Å². The molecule has 1 atom stereocenters. The number of hydrogen-bond acceptors (Lipinski definition) is 4. The molecule has 0 radical (unpaired) electrons. The van der Waals surface area contributed by atoms with Gasteiger partial charge in [-0.25, -0.2) is 4.39 Å². The van der Waals surface area contributed by atoms with Gasteiger partial charge < -0.3 is 19.9 Å². The number of carbonyl (C=O) groups excluding carboxylic acids is 3. The van der Waals surface area contributed by atoms with Gasteiger partial charge in [0.15, 0.2) is 0 Å². The molecule has 0 bridgehead atoms. The first-order valence-electron chi connectivity index (χ1n) is 9.34. The smallest absolute Gasteiger partial charge is 0.256 e. The molecular formula is C21H20FN3O4. The third kappa shape index (κ3) is 3.41. The average Bonchev–Trinajstić information content (AvgIpc) is 3.19. The highest BCUT2D eigenvalue weighted by atomic mass is 19.1. The number of nitrogens with one attached hydrogen (secondary N) is 1. The molecule has 0 saturated carbocycles. The monoisotopic (exact) mass is 397 g/mol. The van der Waals surface area contributed by atoms with Crippen molar-refractivity contribution in [2.45, 2.75) is 18.9 Å². The number of methoxy groups -OCH3 is 1. The molecule has 2 aromatic carbocycles. The number of rotatable bonds is 4. The van der Waals surface area contributed by atoms with E-state index < -0.39 is 17.8 Å². The highest BCUT2D eigenvalue weighted by molar-refractivity contribution is 6.13. The van der Waals surface area contributed by atoms with Crippen LogP contribution in [0.3, 0.4) is 0 Å². The molecule has 4 rings (SSSR count). The van der Waals surface area contributed by atoms with Gasteiger partial charge in [0.25, 0.3) is 5.91 Å². The molecular weight excluding hydrogens is 377 g/mol. The molecule has 0 aromatic heterocycles. The fraction of sp³-hybridized carbons (Fsp3) is 0.286. The Morgan fingerprint density at radius 2 is 2.03 bits per heavy atom. The lowest BCUT2D eigenvalue weighted by Gasteiger charge is -2.25. The Morgan fingerprint density at radius 3 is 2.83 bits per heavy atom. The molecule has 1 saturated heterocycles. The normalized spacial score (nSPS) is 18.2. The second-order valence-corrected chi connectivity index (χ2v) is 6.99. The maximum atomic E-state index is 13.9. The predicted molar refractivity (Wildman–Crippen MR) is 104 cm³/mol. The van der Waals surface area contributed by atoms with Crippen molar-refractivity contribution in [3.63, 3.8) is 0 Å². The van der Waals surface area contributed by atoms with Crippen LogP contribution in [0.1, 0.15) is 23.2 Å². The maximum absolute atomic E-state index is 13.9. The fourth-order valence-electron chi connectivity index (χ4n) is 3.87. The number of para-hydroxylation sites is 2. The van der Waals surface area contributed by atoms with Crippen LogP contribution in [0.25, 0.3) is 0 Å². The fourth-order valence-corrected chi connectivity index (χ4v) is 3.87. The van der Waals surface area contributed by atoms with E-state index in [1.165, 1.54) is 29.0 Å². The molecule has 1 N–H and O–H groups in total. The van der Waals surface area contributed by atoms with Crippen molar-refractivity contribution in [1.82, 2.24) is 4.90 Å². The molecule has 3 amide bonds. The minimum atomic E-state index is -0.642. The van der Waals surface area contributed by atoms with Gasteiger partial charge >= 0.3 is 0 Å². The predicted octanol–water partition coefficient (Wildman–Crippen LogP) is 2.42. The Labute approximate surface area is 167 Å². The van der Waals surface area contributed by atoms with E-state index in [4.69, 9.17) is 4.74 Å². The number of carbonyl (C=O) groups is 3.